The zero-order chi connectivity index (χ0) is 18.7. The van der Waals surface area contributed by atoms with Gasteiger partial charge >= 0.3 is 5.97 Å². The second-order valence-electron chi connectivity index (χ2n) is 9.02. The molecule has 25 heavy (non-hydrogen) atoms. The number of carbonyl (C=O) groups excluding carboxylic acids is 1. The van der Waals surface area contributed by atoms with Gasteiger partial charge in [0, 0.05) is 6.92 Å². The molecule has 3 heteroatoms. The lowest BCUT2D eigenvalue weighted by Crippen LogP contribution is -2.49. The molecule has 0 spiro atoms. The minimum atomic E-state index is -0.235. The summed E-state index contributed by atoms with van der Waals surface area (Å²) in [6.07, 6.45) is 11.4. The standard InChI is InChI=1S/C22H36O3/c1-16(11-14-25-17(2)24)7-9-19-18(15-23)8-10-20-21(3,4)12-6-13-22(19,20)5/h8,11,19-20,23H,6-7,9-10,12-15H2,1-5H3. The molecule has 0 aromatic carbocycles. The highest BCUT2D eigenvalue weighted by Gasteiger charge is 2.51. The van der Waals surface area contributed by atoms with Gasteiger partial charge in [-0.1, -0.05) is 38.8 Å². The average molecular weight is 349 g/mol. The van der Waals surface area contributed by atoms with Gasteiger partial charge in [-0.15, -0.1) is 0 Å². The Morgan fingerprint density at radius 1 is 1.32 bits per heavy atom. The number of ether oxygens (including phenoxy) is 1. The van der Waals surface area contributed by atoms with Crippen molar-refractivity contribution in [1.29, 1.82) is 0 Å². The van der Waals surface area contributed by atoms with Crippen LogP contribution in [0.3, 0.4) is 0 Å². The second kappa shape index (κ2) is 8.07. The van der Waals surface area contributed by atoms with Gasteiger partial charge in [-0.05, 0) is 73.3 Å². The third kappa shape index (κ3) is 4.55. The Balaban J connectivity index is 2.11. The van der Waals surface area contributed by atoms with E-state index in [1.54, 1.807) is 0 Å². The van der Waals surface area contributed by atoms with Crippen LogP contribution in [0, 0.1) is 22.7 Å². The van der Waals surface area contributed by atoms with Gasteiger partial charge < -0.3 is 9.84 Å². The van der Waals surface area contributed by atoms with E-state index < -0.39 is 0 Å². The van der Waals surface area contributed by atoms with Gasteiger partial charge in [-0.3, -0.25) is 4.79 Å². The van der Waals surface area contributed by atoms with E-state index in [1.165, 1.54) is 37.3 Å². The van der Waals surface area contributed by atoms with Gasteiger partial charge in [-0.2, -0.15) is 0 Å². The van der Waals surface area contributed by atoms with E-state index in [1.807, 2.05) is 6.08 Å². The maximum atomic E-state index is 10.9. The Labute approximate surface area is 153 Å². The van der Waals surface area contributed by atoms with Crippen LogP contribution in [0.5, 0.6) is 0 Å². The number of esters is 1. The molecule has 0 aromatic heterocycles. The van der Waals surface area contributed by atoms with Crippen molar-refractivity contribution in [3.05, 3.63) is 23.3 Å². The highest BCUT2D eigenvalue weighted by molar-refractivity contribution is 5.66. The molecule has 1 saturated carbocycles. The van der Waals surface area contributed by atoms with Crippen LogP contribution in [0.2, 0.25) is 0 Å². The molecule has 2 rings (SSSR count). The monoisotopic (exact) mass is 348 g/mol. The van der Waals surface area contributed by atoms with Crippen molar-refractivity contribution < 1.29 is 14.6 Å². The third-order valence-corrected chi connectivity index (χ3v) is 6.86. The van der Waals surface area contributed by atoms with E-state index in [0.717, 1.165) is 19.3 Å². The second-order valence-corrected chi connectivity index (χ2v) is 9.02. The zero-order valence-corrected chi connectivity index (χ0v) is 16.7. The highest BCUT2D eigenvalue weighted by atomic mass is 16.5. The Morgan fingerprint density at radius 2 is 2.04 bits per heavy atom. The smallest absolute Gasteiger partial charge is 0.302 e. The maximum absolute atomic E-state index is 10.9. The van der Waals surface area contributed by atoms with E-state index in [2.05, 4.69) is 33.8 Å². The number of hydrogen-bond donors (Lipinski definition) is 1. The van der Waals surface area contributed by atoms with Crippen LogP contribution in [-0.4, -0.2) is 24.3 Å². The predicted molar refractivity (Wildman–Crippen MR) is 102 cm³/mol. The summed E-state index contributed by atoms with van der Waals surface area (Å²) in [6.45, 7) is 11.4. The van der Waals surface area contributed by atoms with Gasteiger partial charge in [0.15, 0.2) is 0 Å². The molecule has 0 aliphatic heterocycles. The number of aliphatic hydroxyl groups excluding tert-OH is 1. The van der Waals surface area contributed by atoms with E-state index in [9.17, 15) is 9.90 Å². The molecule has 142 valence electrons. The number of allylic oxidation sites excluding steroid dienone is 2. The molecule has 2 aliphatic rings. The van der Waals surface area contributed by atoms with Crippen LogP contribution < -0.4 is 0 Å². The van der Waals surface area contributed by atoms with E-state index in [-0.39, 0.29) is 18.0 Å². The van der Waals surface area contributed by atoms with Crippen molar-refractivity contribution in [1.82, 2.24) is 0 Å². The quantitative estimate of drug-likeness (QED) is 0.540. The van der Waals surface area contributed by atoms with Crippen LogP contribution in [0.15, 0.2) is 23.3 Å². The number of aliphatic hydroxyl groups is 1. The van der Waals surface area contributed by atoms with Gasteiger partial charge in [0.05, 0.1) is 6.61 Å². The minimum Gasteiger partial charge on any atom is -0.462 e. The lowest BCUT2D eigenvalue weighted by Gasteiger charge is -2.57. The van der Waals surface area contributed by atoms with Gasteiger partial charge in [0.1, 0.15) is 6.61 Å². The fourth-order valence-corrected chi connectivity index (χ4v) is 5.47. The fraction of sp³-hybridized carbons (Fsp3) is 0.773. The summed E-state index contributed by atoms with van der Waals surface area (Å²) >= 11 is 0. The topological polar surface area (TPSA) is 46.5 Å². The molecule has 1 fully saturated rings. The lowest BCUT2D eigenvalue weighted by atomic mass is 9.48. The summed E-state index contributed by atoms with van der Waals surface area (Å²) < 4.78 is 5.01. The van der Waals surface area contributed by atoms with Crippen LogP contribution in [0.25, 0.3) is 0 Å². The summed E-state index contributed by atoms with van der Waals surface area (Å²) in [5.41, 5.74) is 3.16. The Morgan fingerprint density at radius 3 is 2.68 bits per heavy atom. The lowest BCUT2D eigenvalue weighted by molar-refractivity contribution is -0.139. The normalized spacial score (nSPS) is 31.9. The van der Waals surface area contributed by atoms with E-state index in [4.69, 9.17) is 4.74 Å². The van der Waals surface area contributed by atoms with Crippen molar-refractivity contribution in [3.63, 3.8) is 0 Å². The third-order valence-electron chi connectivity index (χ3n) is 6.86. The van der Waals surface area contributed by atoms with Crippen LogP contribution in [-0.2, 0) is 9.53 Å². The van der Waals surface area contributed by atoms with Crippen LogP contribution in [0.4, 0.5) is 0 Å². The number of carbonyl (C=O) groups is 1. The average Bonchev–Trinajstić information content (AvgIpc) is 2.51. The Kier molecular flexibility index (Phi) is 6.53. The summed E-state index contributed by atoms with van der Waals surface area (Å²) in [5.74, 6) is 0.911. The molecule has 1 N–H and O–H groups in total. The minimum absolute atomic E-state index is 0.184. The molecule has 3 nitrogen and oxygen atoms in total. The molecule has 0 radical (unpaired) electrons. The maximum Gasteiger partial charge on any atom is 0.302 e. The molecular weight excluding hydrogens is 312 g/mol. The fourth-order valence-electron chi connectivity index (χ4n) is 5.47. The van der Waals surface area contributed by atoms with Gasteiger partial charge in [0.25, 0.3) is 0 Å². The van der Waals surface area contributed by atoms with Crippen molar-refractivity contribution in [2.45, 2.75) is 73.1 Å². The van der Waals surface area contributed by atoms with E-state index in [0.29, 0.717) is 23.9 Å². The molecule has 3 atom stereocenters. The number of hydrogen-bond acceptors (Lipinski definition) is 3. The molecule has 0 aromatic rings. The van der Waals surface area contributed by atoms with Gasteiger partial charge in [-0.25, -0.2) is 0 Å². The molecule has 0 heterocycles. The summed E-state index contributed by atoms with van der Waals surface area (Å²) in [4.78, 5) is 10.9. The summed E-state index contributed by atoms with van der Waals surface area (Å²) in [7, 11) is 0. The van der Waals surface area contributed by atoms with Gasteiger partial charge in [0.2, 0.25) is 0 Å². The zero-order valence-electron chi connectivity index (χ0n) is 16.7. The first-order valence-corrected chi connectivity index (χ1v) is 9.79. The first-order chi connectivity index (χ1) is 11.7. The molecule has 0 bridgehead atoms. The molecule has 2 aliphatic carbocycles. The largest absolute Gasteiger partial charge is 0.462 e. The molecule has 3 unspecified atom stereocenters. The molecule has 0 amide bonds. The Hall–Kier alpha value is -1.09. The first kappa shape index (κ1) is 20.2. The van der Waals surface area contributed by atoms with Crippen molar-refractivity contribution in [2.24, 2.45) is 22.7 Å². The predicted octanol–water partition coefficient (Wildman–Crippen LogP) is 5.05. The van der Waals surface area contributed by atoms with Crippen molar-refractivity contribution in [2.75, 3.05) is 13.2 Å². The van der Waals surface area contributed by atoms with Crippen molar-refractivity contribution in [3.8, 4) is 0 Å². The molecule has 0 saturated heterocycles. The van der Waals surface area contributed by atoms with Crippen LogP contribution in [0.1, 0.15) is 73.1 Å². The first-order valence-electron chi connectivity index (χ1n) is 9.79. The summed E-state index contributed by atoms with van der Waals surface area (Å²) in [5, 5.41) is 9.92. The Bertz CT molecular complexity index is 543. The van der Waals surface area contributed by atoms with E-state index >= 15 is 0 Å². The SMILES string of the molecule is CC(=O)OCC=C(C)CCC1C(CO)=CCC2C(C)(C)CCCC12C. The number of rotatable bonds is 6. The molecular formula is C22H36O3. The van der Waals surface area contributed by atoms with Crippen LogP contribution >= 0.6 is 0 Å². The summed E-state index contributed by atoms with van der Waals surface area (Å²) in [6, 6.07) is 0. The highest BCUT2D eigenvalue weighted by Crippen LogP contribution is 2.60. The van der Waals surface area contributed by atoms with Crippen molar-refractivity contribution >= 4 is 5.97 Å². The number of fused-ring (bicyclic) bond motifs is 1.